The quantitative estimate of drug-likeness (QED) is 0.256. The number of hydrogen-bond acceptors (Lipinski definition) is 4. The van der Waals surface area contributed by atoms with Crippen LogP contribution in [0.4, 0.5) is 0 Å². The zero-order valence-electron chi connectivity index (χ0n) is 7.94. The highest BCUT2D eigenvalue weighted by Crippen LogP contribution is 1.99. The molecular weight excluding hydrogens is 182 g/mol. The number of rotatable bonds is 2. The van der Waals surface area contributed by atoms with E-state index in [1.54, 1.807) is 6.08 Å². The molecule has 0 atom stereocenters. The zero-order chi connectivity index (χ0) is 10.4. The number of ether oxygens (including phenoxy) is 1. The van der Waals surface area contributed by atoms with Crippen LogP contribution in [0.25, 0.3) is 0 Å². The van der Waals surface area contributed by atoms with Crippen LogP contribution >= 0.6 is 0 Å². The van der Waals surface area contributed by atoms with E-state index in [9.17, 15) is 0 Å². The summed E-state index contributed by atoms with van der Waals surface area (Å²) in [6, 6.07) is 0. The Kier molecular flexibility index (Phi) is 4.00. The molecule has 1 aliphatic heterocycles. The van der Waals surface area contributed by atoms with E-state index in [0.29, 0.717) is 19.0 Å². The summed E-state index contributed by atoms with van der Waals surface area (Å²) in [6.07, 6.45) is 3.87. The molecule has 1 saturated heterocycles. The van der Waals surface area contributed by atoms with Crippen LogP contribution in [-0.4, -0.2) is 42.1 Å². The van der Waals surface area contributed by atoms with Crippen LogP contribution in [0, 0.1) is 5.41 Å². The molecule has 5 nitrogen and oxygen atoms in total. The van der Waals surface area contributed by atoms with Gasteiger partial charge in [-0.05, 0) is 12.2 Å². The molecule has 0 radical (unpaired) electrons. The molecule has 1 heterocycles. The Balaban J connectivity index is 2.44. The van der Waals surface area contributed by atoms with Crippen LogP contribution in [0.3, 0.4) is 0 Å². The first kappa shape index (κ1) is 10.6. The predicted octanol–water partition coefficient (Wildman–Crippen LogP) is 0.210. The smallest absolute Gasteiger partial charge is 0.120 e. The number of morpholine rings is 1. The van der Waals surface area contributed by atoms with Gasteiger partial charge in [0.15, 0.2) is 0 Å². The first-order chi connectivity index (χ1) is 6.74. The molecular formula is C9H15N3O2. The molecule has 1 fully saturated rings. The molecule has 0 aromatic heterocycles. The summed E-state index contributed by atoms with van der Waals surface area (Å²) in [5.74, 6) is 0.387. The number of nitrogens with one attached hydrogen (secondary N) is 1. The summed E-state index contributed by atoms with van der Waals surface area (Å²) < 4.78 is 5.16. The van der Waals surface area contributed by atoms with Crippen molar-refractivity contribution in [2.24, 2.45) is 5.73 Å². The fraction of sp³-hybridized carbons (Fsp3) is 0.444. The molecule has 0 saturated carbocycles. The van der Waals surface area contributed by atoms with Gasteiger partial charge in [-0.15, -0.1) is 0 Å². The number of nitrogens with zero attached hydrogens (tertiary/aromatic N) is 1. The Morgan fingerprint density at radius 2 is 2.00 bits per heavy atom. The number of allylic oxidation sites excluding steroid dienone is 1. The van der Waals surface area contributed by atoms with Crippen molar-refractivity contribution < 1.29 is 9.84 Å². The van der Waals surface area contributed by atoms with E-state index >= 15 is 0 Å². The van der Waals surface area contributed by atoms with Crippen LogP contribution in [0.1, 0.15) is 0 Å². The maximum absolute atomic E-state index is 8.52. The average Bonchev–Trinajstić information content (AvgIpc) is 2.26. The van der Waals surface area contributed by atoms with Crippen LogP contribution in [0.5, 0.6) is 0 Å². The molecule has 0 aromatic carbocycles. The van der Waals surface area contributed by atoms with Gasteiger partial charge >= 0.3 is 0 Å². The topological polar surface area (TPSA) is 82.6 Å². The first-order valence-electron chi connectivity index (χ1n) is 4.43. The SMILES string of the molecule is N=C(/C=C\C(N)=C\O)N1CCOCC1. The van der Waals surface area contributed by atoms with E-state index in [-0.39, 0.29) is 5.70 Å². The lowest BCUT2D eigenvalue weighted by Crippen LogP contribution is -2.39. The van der Waals surface area contributed by atoms with Crippen molar-refractivity contribution in [2.45, 2.75) is 0 Å². The fourth-order valence-electron chi connectivity index (χ4n) is 1.13. The molecule has 0 bridgehead atoms. The van der Waals surface area contributed by atoms with E-state index < -0.39 is 0 Å². The summed E-state index contributed by atoms with van der Waals surface area (Å²) in [5.41, 5.74) is 5.57. The fourth-order valence-corrected chi connectivity index (χ4v) is 1.13. The molecule has 1 aliphatic rings. The van der Waals surface area contributed by atoms with Crippen molar-refractivity contribution >= 4 is 5.84 Å². The van der Waals surface area contributed by atoms with E-state index in [4.69, 9.17) is 21.0 Å². The van der Waals surface area contributed by atoms with Crippen molar-refractivity contribution in [1.29, 1.82) is 5.41 Å². The van der Waals surface area contributed by atoms with Crippen molar-refractivity contribution in [3.05, 3.63) is 24.1 Å². The van der Waals surface area contributed by atoms with Gasteiger partial charge in [0, 0.05) is 13.1 Å². The number of amidine groups is 1. The molecule has 4 N–H and O–H groups in total. The lowest BCUT2D eigenvalue weighted by Gasteiger charge is -2.27. The molecule has 78 valence electrons. The Morgan fingerprint density at radius 1 is 1.36 bits per heavy atom. The second kappa shape index (κ2) is 5.29. The minimum absolute atomic E-state index is 0.239. The summed E-state index contributed by atoms with van der Waals surface area (Å²) in [7, 11) is 0. The molecule has 14 heavy (non-hydrogen) atoms. The van der Waals surface area contributed by atoms with Crippen LogP contribution in [0.15, 0.2) is 24.1 Å². The summed E-state index contributed by atoms with van der Waals surface area (Å²) >= 11 is 0. The third-order valence-electron chi connectivity index (χ3n) is 1.93. The van der Waals surface area contributed by atoms with Crippen LogP contribution in [-0.2, 0) is 4.74 Å². The molecule has 1 rings (SSSR count). The molecule has 0 aromatic rings. The summed E-state index contributed by atoms with van der Waals surface area (Å²) in [4.78, 5) is 1.89. The maximum Gasteiger partial charge on any atom is 0.120 e. The van der Waals surface area contributed by atoms with Gasteiger partial charge in [0.05, 0.1) is 18.9 Å². The van der Waals surface area contributed by atoms with Crippen molar-refractivity contribution in [3.8, 4) is 0 Å². The normalized spacial score (nSPS) is 18.9. The van der Waals surface area contributed by atoms with Gasteiger partial charge in [-0.1, -0.05) is 0 Å². The molecule has 0 spiro atoms. The third kappa shape index (κ3) is 3.10. The second-order valence-electron chi connectivity index (χ2n) is 2.95. The number of aliphatic hydroxyl groups excluding tert-OH is 1. The Morgan fingerprint density at radius 3 is 2.57 bits per heavy atom. The zero-order valence-corrected chi connectivity index (χ0v) is 7.94. The van der Waals surface area contributed by atoms with Crippen LogP contribution < -0.4 is 5.73 Å². The minimum Gasteiger partial charge on any atom is -0.513 e. The molecule has 0 aliphatic carbocycles. The Hall–Kier alpha value is -1.49. The largest absolute Gasteiger partial charge is 0.513 e. The third-order valence-corrected chi connectivity index (χ3v) is 1.93. The highest BCUT2D eigenvalue weighted by molar-refractivity contribution is 5.90. The minimum atomic E-state index is 0.239. The molecule has 0 unspecified atom stereocenters. The maximum atomic E-state index is 8.52. The van der Waals surface area contributed by atoms with Gasteiger partial charge in [-0.2, -0.15) is 0 Å². The predicted molar refractivity (Wildman–Crippen MR) is 54.2 cm³/mol. The second-order valence-corrected chi connectivity index (χ2v) is 2.95. The van der Waals surface area contributed by atoms with Gasteiger partial charge in [0.1, 0.15) is 12.1 Å². The van der Waals surface area contributed by atoms with E-state index in [0.717, 1.165) is 19.4 Å². The summed E-state index contributed by atoms with van der Waals surface area (Å²) in [6.45, 7) is 2.76. The van der Waals surface area contributed by atoms with Gasteiger partial charge < -0.3 is 20.5 Å². The monoisotopic (exact) mass is 197 g/mol. The van der Waals surface area contributed by atoms with Gasteiger partial charge in [-0.3, -0.25) is 5.41 Å². The van der Waals surface area contributed by atoms with Gasteiger partial charge in [0.2, 0.25) is 0 Å². The number of nitrogens with two attached hydrogens (primary N) is 1. The van der Waals surface area contributed by atoms with Crippen molar-refractivity contribution in [3.63, 3.8) is 0 Å². The van der Waals surface area contributed by atoms with Gasteiger partial charge in [-0.25, -0.2) is 0 Å². The van der Waals surface area contributed by atoms with Gasteiger partial charge in [0.25, 0.3) is 0 Å². The highest BCUT2D eigenvalue weighted by atomic mass is 16.5. The number of aliphatic hydroxyl groups is 1. The standard InChI is InChI=1S/C9H15N3O2/c10-8(7-13)1-2-9(11)12-3-5-14-6-4-12/h1-2,7,11,13H,3-6,10H2/b2-1-,8-7-,11-9?. The highest BCUT2D eigenvalue weighted by Gasteiger charge is 2.10. The molecule has 0 amide bonds. The van der Waals surface area contributed by atoms with Crippen molar-refractivity contribution in [2.75, 3.05) is 26.3 Å². The first-order valence-corrected chi connectivity index (χ1v) is 4.43. The Labute approximate surface area is 83.0 Å². The van der Waals surface area contributed by atoms with E-state index in [1.807, 2.05) is 4.90 Å². The number of hydrogen-bond donors (Lipinski definition) is 3. The lowest BCUT2D eigenvalue weighted by molar-refractivity contribution is 0.0681. The van der Waals surface area contributed by atoms with Crippen molar-refractivity contribution in [1.82, 2.24) is 4.90 Å². The average molecular weight is 197 g/mol. The molecule has 5 heteroatoms. The Bertz CT molecular complexity index is 255. The van der Waals surface area contributed by atoms with E-state index in [1.165, 1.54) is 6.08 Å². The van der Waals surface area contributed by atoms with Crippen LogP contribution in [0.2, 0.25) is 0 Å². The summed E-state index contributed by atoms with van der Waals surface area (Å²) in [5, 5.41) is 16.2. The lowest BCUT2D eigenvalue weighted by atomic mass is 10.3. The van der Waals surface area contributed by atoms with E-state index in [2.05, 4.69) is 0 Å².